The molecule has 126 valence electrons. The molecule has 1 atom stereocenters. The Kier molecular flexibility index (Phi) is 4.45. The highest BCUT2D eigenvalue weighted by atomic mass is 16.1. The van der Waals surface area contributed by atoms with Crippen LogP contribution in [0.25, 0.3) is 11.1 Å². The van der Waals surface area contributed by atoms with Crippen LogP contribution in [-0.2, 0) is 10.2 Å². The van der Waals surface area contributed by atoms with Gasteiger partial charge in [-0.15, -0.1) is 0 Å². The first-order valence-electron chi connectivity index (χ1n) is 7.77. The SMILES string of the molecule is NCC(C(N)=O)(c1ccc(C=O)cc1)c1ccc(-c2cn[nH]c2)cc1. The molecule has 1 unspecified atom stereocenters. The van der Waals surface area contributed by atoms with E-state index in [2.05, 4.69) is 10.2 Å². The number of H-pyrrole nitrogens is 1. The van der Waals surface area contributed by atoms with Crippen LogP contribution >= 0.6 is 0 Å². The lowest BCUT2D eigenvalue weighted by molar-refractivity contribution is -0.121. The molecule has 25 heavy (non-hydrogen) atoms. The maximum atomic E-state index is 12.4. The van der Waals surface area contributed by atoms with Crippen LogP contribution in [0.2, 0.25) is 0 Å². The number of hydrogen-bond donors (Lipinski definition) is 3. The smallest absolute Gasteiger partial charge is 0.233 e. The number of carbonyl (C=O) groups excluding carboxylic acids is 2. The fraction of sp³-hybridized carbons (Fsp3) is 0.105. The molecular formula is C19H18N4O2. The number of amides is 1. The van der Waals surface area contributed by atoms with Crippen LogP contribution < -0.4 is 11.5 Å². The van der Waals surface area contributed by atoms with Crippen molar-refractivity contribution in [3.05, 3.63) is 77.6 Å². The minimum atomic E-state index is -1.16. The predicted molar refractivity (Wildman–Crippen MR) is 94.9 cm³/mol. The van der Waals surface area contributed by atoms with Gasteiger partial charge in [-0.1, -0.05) is 48.5 Å². The fourth-order valence-corrected chi connectivity index (χ4v) is 2.99. The molecule has 1 amide bonds. The fourth-order valence-electron chi connectivity index (χ4n) is 2.99. The Morgan fingerprint density at radius 3 is 2.08 bits per heavy atom. The molecule has 3 aromatic rings. The lowest BCUT2D eigenvalue weighted by Crippen LogP contribution is -2.48. The van der Waals surface area contributed by atoms with Crippen molar-refractivity contribution < 1.29 is 9.59 Å². The van der Waals surface area contributed by atoms with Crippen molar-refractivity contribution in [2.45, 2.75) is 5.41 Å². The third-order valence-corrected chi connectivity index (χ3v) is 4.48. The minimum absolute atomic E-state index is 0.0217. The summed E-state index contributed by atoms with van der Waals surface area (Å²) in [7, 11) is 0. The monoisotopic (exact) mass is 334 g/mol. The third-order valence-electron chi connectivity index (χ3n) is 4.48. The minimum Gasteiger partial charge on any atom is -0.369 e. The molecule has 3 rings (SSSR count). The van der Waals surface area contributed by atoms with Gasteiger partial charge in [-0.3, -0.25) is 14.7 Å². The van der Waals surface area contributed by atoms with Crippen molar-refractivity contribution in [2.24, 2.45) is 11.5 Å². The van der Waals surface area contributed by atoms with Gasteiger partial charge in [0.2, 0.25) is 5.91 Å². The van der Waals surface area contributed by atoms with Crippen LogP contribution in [0.1, 0.15) is 21.5 Å². The number of hydrogen-bond acceptors (Lipinski definition) is 4. The third kappa shape index (κ3) is 2.83. The quantitative estimate of drug-likeness (QED) is 0.594. The van der Waals surface area contributed by atoms with Gasteiger partial charge in [-0.2, -0.15) is 5.10 Å². The summed E-state index contributed by atoms with van der Waals surface area (Å²) in [6.45, 7) is 0.0217. The summed E-state index contributed by atoms with van der Waals surface area (Å²) in [5, 5.41) is 6.70. The number of nitrogens with zero attached hydrogens (tertiary/aromatic N) is 1. The molecular weight excluding hydrogens is 316 g/mol. The van der Waals surface area contributed by atoms with Crippen molar-refractivity contribution in [1.29, 1.82) is 0 Å². The Labute approximate surface area is 144 Å². The van der Waals surface area contributed by atoms with Crippen LogP contribution in [0.15, 0.2) is 60.9 Å². The molecule has 0 aliphatic heterocycles. The van der Waals surface area contributed by atoms with E-state index in [4.69, 9.17) is 11.5 Å². The lowest BCUT2D eigenvalue weighted by Gasteiger charge is -2.30. The van der Waals surface area contributed by atoms with E-state index in [1.165, 1.54) is 0 Å². The highest BCUT2D eigenvalue weighted by Gasteiger charge is 2.39. The number of aromatic nitrogens is 2. The van der Waals surface area contributed by atoms with Gasteiger partial charge in [0.05, 0.1) is 6.20 Å². The molecule has 1 heterocycles. The van der Waals surface area contributed by atoms with Crippen molar-refractivity contribution in [2.75, 3.05) is 6.54 Å². The van der Waals surface area contributed by atoms with Crippen molar-refractivity contribution in [3.63, 3.8) is 0 Å². The zero-order chi connectivity index (χ0) is 17.9. The summed E-state index contributed by atoms with van der Waals surface area (Å²) in [6, 6.07) is 14.2. The Morgan fingerprint density at radius 1 is 1.04 bits per heavy atom. The average molecular weight is 334 g/mol. The molecule has 6 heteroatoms. The van der Waals surface area contributed by atoms with E-state index in [0.29, 0.717) is 16.7 Å². The molecule has 0 aliphatic rings. The van der Waals surface area contributed by atoms with Gasteiger partial charge < -0.3 is 11.5 Å². The normalized spacial score (nSPS) is 13.2. The zero-order valence-corrected chi connectivity index (χ0v) is 13.5. The van der Waals surface area contributed by atoms with Crippen molar-refractivity contribution in [3.8, 4) is 11.1 Å². The van der Waals surface area contributed by atoms with Crippen LogP contribution in [0, 0.1) is 0 Å². The van der Waals surface area contributed by atoms with Gasteiger partial charge in [0, 0.05) is 23.9 Å². The van der Waals surface area contributed by atoms with E-state index in [1.54, 1.807) is 36.7 Å². The Balaban J connectivity index is 2.08. The summed E-state index contributed by atoms with van der Waals surface area (Å²) in [5.41, 5.74) is 14.4. The number of nitrogens with two attached hydrogens (primary N) is 2. The van der Waals surface area contributed by atoms with Crippen LogP contribution in [-0.4, -0.2) is 28.9 Å². The molecule has 2 aromatic carbocycles. The molecule has 0 saturated heterocycles. The lowest BCUT2D eigenvalue weighted by atomic mass is 9.73. The Hall–Kier alpha value is -3.25. The van der Waals surface area contributed by atoms with Gasteiger partial charge in [0.15, 0.2) is 0 Å². The van der Waals surface area contributed by atoms with Crippen molar-refractivity contribution in [1.82, 2.24) is 10.2 Å². The summed E-state index contributed by atoms with van der Waals surface area (Å²) < 4.78 is 0. The number of carbonyl (C=O) groups is 2. The first kappa shape index (κ1) is 16.6. The van der Waals surface area contributed by atoms with Gasteiger partial charge in [-0.25, -0.2) is 0 Å². The summed E-state index contributed by atoms with van der Waals surface area (Å²) in [6.07, 6.45) is 4.26. The maximum absolute atomic E-state index is 12.4. The van der Waals surface area contributed by atoms with Crippen LogP contribution in [0.3, 0.4) is 0 Å². The van der Waals surface area contributed by atoms with E-state index >= 15 is 0 Å². The Morgan fingerprint density at radius 2 is 1.64 bits per heavy atom. The molecule has 0 saturated carbocycles. The number of benzene rings is 2. The summed E-state index contributed by atoms with van der Waals surface area (Å²) in [5.74, 6) is -0.537. The second-order valence-electron chi connectivity index (χ2n) is 5.78. The topological polar surface area (TPSA) is 115 Å². The van der Waals surface area contributed by atoms with E-state index in [0.717, 1.165) is 17.4 Å². The highest BCUT2D eigenvalue weighted by molar-refractivity contribution is 5.91. The first-order valence-corrected chi connectivity index (χ1v) is 7.77. The molecule has 0 fully saturated rings. The second-order valence-corrected chi connectivity index (χ2v) is 5.78. The van der Waals surface area contributed by atoms with E-state index < -0.39 is 11.3 Å². The molecule has 0 bridgehead atoms. The highest BCUT2D eigenvalue weighted by Crippen LogP contribution is 2.33. The molecule has 0 aliphatic carbocycles. The summed E-state index contributed by atoms with van der Waals surface area (Å²) >= 11 is 0. The molecule has 0 radical (unpaired) electrons. The first-order chi connectivity index (χ1) is 12.1. The predicted octanol–water partition coefficient (Wildman–Crippen LogP) is 1.62. The van der Waals surface area contributed by atoms with E-state index in [-0.39, 0.29) is 6.54 Å². The second kappa shape index (κ2) is 6.70. The number of aromatic amines is 1. The number of rotatable bonds is 6. The average Bonchev–Trinajstić information content (AvgIpc) is 3.18. The molecule has 6 nitrogen and oxygen atoms in total. The van der Waals surface area contributed by atoms with E-state index in [1.807, 2.05) is 24.3 Å². The molecule has 1 aromatic heterocycles. The van der Waals surface area contributed by atoms with Gasteiger partial charge >= 0.3 is 0 Å². The number of aldehydes is 1. The largest absolute Gasteiger partial charge is 0.369 e. The van der Waals surface area contributed by atoms with E-state index in [9.17, 15) is 9.59 Å². The number of primary amides is 1. The van der Waals surface area contributed by atoms with Gasteiger partial charge in [-0.05, 0) is 16.7 Å². The van der Waals surface area contributed by atoms with Gasteiger partial charge in [0.25, 0.3) is 0 Å². The van der Waals surface area contributed by atoms with Crippen molar-refractivity contribution >= 4 is 12.2 Å². The maximum Gasteiger partial charge on any atom is 0.233 e. The standard InChI is InChI=1S/C19H18N4O2/c20-12-19(18(21)25,16-5-1-13(11-24)2-6-16)17-7-3-14(4-8-17)15-9-22-23-10-15/h1-11H,12,20H2,(H2,21,25)(H,22,23). The molecule has 5 N–H and O–H groups in total. The van der Waals surface area contributed by atoms with Gasteiger partial charge in [0.1, 0.15) is 11.7 Å². The number of nitrogens with one attached hydrogen (secondary N) is 1. The zero-order valence-electron chi connectivity index (χ0n) is 13.5. The molecule has 0 spiro atoms. The summed E-state index contributed by atoms with van der Waals surface area (Å²) in [4.78, 5) is 23.2. The Bertz CT molecular complexity index is 871. The van der Waals surface area contributed by atoms with Crippen LogP contribution in [0.5, 0.6) is 0 Å². The van der Waals surface area contributed by atoms with Crippen LogP contribution in [0.4, 0.5) is 0 Å².